The second-order valence-corrected chi connectivity index (χ2v) is 8.59. The first kappa shape index (κ1) is 19.4. The molecule has 0 fully saturated rings. The lowest BCUT2D eigenvalue weighted by atomic mass is 10.1. The lowest BCUT2D eigenvalue weighted by Gasteiger charge is -2.24. The summed E-state index contributed by atoms with van der Waals surface area (Å²) in [5, 5.41) is 12.0. The molecule has 3 rings (SSSR count). The van der Waals surface area contributed by atoms with Crippen molar-refractivity contribution in [2.24, 2.45) is 0 Å². The Labute approximate surface area is 159 Å². The van der Waals surface area contributed by atoms with Crippen molar-refractivity contribution in [3.05, 3.63) is 59.7 Å². The van der Waals surface area contributed by atoms with Crippen molar-refractivity contribution in [1.82, 2.24) is 5.32 Å². The molecule has 1 aliphatic rings. The first-order valence-electron chi connectivity index (χ1n) is 9.02. The molecule has 2 N–H and O–H groups in total. The van der Waals surface area contributed by atoms with E-state index in [1.165, 1.54) is 16.4 Å². The highest BCUT2D eigenvalue weighted by Crippen LogP contribution is 2.36. The summed E-state index contributed by atoms with van der Waals surface area (Å²) in [4.78, 5) is 12.5. The monoisotopic (exact) mass is 388 g/mol. The van der Waals surface area contributed by atoms with E-state index in [0.29, 0.717) is 18.5 Å². The zero-order valence-corrected chi connectivity index (χ0v) is 16.2. The quantitative estimate of drug-likeness (QED) is 0.795. The van der Waals surface area contributed by atoms with E-state index in [4.69, 9.17) is 0 Å². The van der Waals surface area contributed by atoms with Gasteiger partial charge in [0, 0.05) is 11.6 Å². The minimum absolute atomic E-state index is 0.0794. The molecular weight excluding hydrogens is 364 g/mol. The number of aliphatic hydroxyl groups is 1. The number of carbonyl (C=O) groups is 1. The zero-order chi connectivity index (χ0) is 19.6. The predicted octanol–water partition coefficient (Wildman–Crippen LogP) is 2.33. The molecule has 0 radical (unpaired) electrons. The lowest BCUT2D eigenvalue weighted by molar-refractivity contribution is 0.0914. The predicted molar refractivity (Wildman–Crippen MR) is 104 cm³/mol. The van der Waals surface area contributed by atoms with Crippen LogP contribution in [0.15, 0.2) is 53.4 Å². The smallest absolute Gasteiger partial charge is 0.264 e. The molecular formula is C20H24N2O4S. The lowest BCUT2D eigenvalue weighted by Crippen LogP contribution is -2.37. The third-order valence-electron chi connectivity index (χ3n) is 4.85. The van der Waals surface area contributed by atoms with E-state index in [2.05, 4.69) is 5.32 Å². The van der Waals surface area contributed by atoms with Crippen LogP contribution in [-0.2, 0) is 16.4 Å². The highest BCUT2D eigenvalue weighted by atomic mass is 32.2. The molecule has 0 unspecified atom stereocenters. The van der Waals surface area contributed by atoms with E-state index in [1.807, 2.05) is 32.0 Å². The second kappa shape index (κ2) is 7.70. The van der Waals surface area contributed by atoms with Crippen molar-refractivity contribution >= 4 is 21.6 Å². The normalized spacial score (nSPS) is 17.4. The molecule has 0 bridgehead atoms. The van der Waals surface area contributed by atoms with Gasteiger partial charge in [-0.2, -0.15) is 0 Å². The van der Waals surface area contributed by atoms with Crippen LogP contribution in [0.3, 0.4) is 0 Å². The molecule has 1 amide bonds. The van der Waals surface area contributed by atoms with Crippen LogP contribution in [0, 0.1) is 0 Å². The molecule has 0 spiro atoms. The van der Waals surface area contributed by atoms with E-state index >= 15 is 0 Å². The molecule has 144 valence electrons. The Morgan fingerprint density at radius 3 is 2.70 bits per heavy atom. The molecule has 0 saturated carbocycles. The minimum Gasteiger partial charge on any atom is -0.394 e. The van der Waals surface area contributed by atoms with Gasteiger partial charge < -0.3 is 10.4 Å². The van der Waals surface area contributed by atoms with Crippen molar-refractivity contribution in [3.8, 4) is 0 Å². The number of hydrogen-bond donors (Lipinski definition) is 2. The maximum atomic E-state index is 13.3. The van der Waals surface area contributed by atoms with E-state index in [0.717, 1.165) is 5.56 Å². The maximum absolute atomic E-state index is 13.3. The van der Waals surface area contributed by atoms with Crippen molar-refractivity contribution < 1.29 is 18.3 Å². The molecule has 0 aromatic heterocycles. The number of aliphatic hydroxyl groups excluding tert-OH is 1. The topological polar surface area (TPSA) is 86.7 Å². The van der Waals surface area contributed by atoms with Crippen LogP contribution < -0.4 is 9.62 Å². The summed E-state index contributed by atoms with van der Waals surface area (Å²) in [7, 11) is -3.79. The third-order valence-corrected chi connectivity index (χ3v) is 6.77. The van der Waals surface area contributed by atoms with Crippen molar-refractivity contribution in [3.63, 3.8) is 0 Å². The number of nitrogens with one attached hydrogen (secondary N) is 1. The number of fused-ring (bicyclic) bond motifs is 1. The SMILES string of the molecule is CC[C@H](CO)NC(=O)c1cccc(S(=O)(=O)N2c3ccccc3C[C@@H]2C)c1. The Hall–Kier alpha value is -2.38. The number of sulfonamides is 1. The summed E-state index contributed by atoms with van der Waals surface area (Å²) in [5.41, 5.74) is 1.94. The molecule has 2 atom stereocenters. The molecule has 0 saturated heterocycles. The van der Waals surface area contributed by atoms with Crippen LogP contribution in [0.4, 0.5) is 5.69 Å². The molecule has 1 heterocycles. The van der Waals surface area contributed by atoms with Crippen LogP contribution in [0.1, 0.15) is 36.2 Å². The molecule has 0 aliphatic carbocycles. The Balaban J connectivity index is 1.94. The molecule has 7 heteroatoms. The molecule has 6 nitrogen and oxygen atoms in total. The fourth-order valence-electron chi connectivity index (χ4n) is 3.36. The third kappa shape index (κ3) is 3.70. The van der Waals surface area contributed by atoms with E-state index in [9.17, 15) is 18.3 Å². The average molecular weight is 388 g/mol. The summed E-state index contributed by atoms with van der Waals surface area (Å²) in [6.45, 7) is 3.57. The van der Waals surface area contributed by atoms with E-state index in [1.54, 1.807) is 18.2 Å². The number of benzene rings is 2. The Bertz CT molecular complexity index is 939. The highest BCUT2D eigenvalue weighted by molar-refractivity contribution is 7.92. The number of amides is 1. The number of hydrogen-bond acceptors (Lipinski definition) is 4. The summed E-state index contributed by atoms with van der Waals surface area (Å²) < 4.78 is 28.0. The summed E-state index contributed by atoms with van der Waals surface area (Å²) in [6, 6.07) is 12.9. The first-order valence-corrected chi connectivity index (χ1v) is 10.5. The minimum atomic E-state index is -3.79. The average Bonchev–Trinajstić information content (AvgIpc) is 3.02. The van der Waals surface area contributed by atoms with Gasteiger partial charge in [0.25, 0.3) is 15.9 Å². The van der Waals surface area contributed by atoms with Gasteiger partial charge in [-0.1, -0.05) is 31.2 Å². The number of para-hydroxylation sites is 1. The van der Waals surface area contributed by atoms with Crippen LogP contribution in [0.2, 0.25) is 0 Å². The van der Waals surface area contributed by atoms with Gasteiger partial charge in [0.2, 0.25) is 0 Å². The number of carbonyl (C=O) groups excluding carboxylic acids is 1. The summed E-state index contributed by atoms with van der Waals surface area (Å²) in [5.74, 6) is -0.400. The van der Waals surface area contributed by atoms with Gasteiger partial charge >= 0.3 is 0 Å². The number of rotatable bonds is 6. The van der Waals surface area contributed by atoms with Crippen molar-refractivity contribution in [2.45, 2.75) is 43.7 Å². The Morgan fingerprint density at radius 2 is 2.00 bits per heavy atom. The van der Waals surface area contributed by atoms with Crippen LogP contribution in [-0.4, -0.2) is 38.1 Å². The van der Waals surface area contributed by atoms with Gasteiger partial charge in [0.15, 0.2) is 0 Å². The van der Waals surface area contributed by atoms with Crippen LogP contribution in [0.5, 0.6) is 0 Å². The molecule has 2 aromatic carbocycles. The number of anilines is 1. The molecule has 27 heavy (non-hydrogen) atoms. The summed E-state index contributed by atoms with van der Waals surface area (Å²) >= 11 is 0. The summed E-state index contributed by atoms with van der Waals surface area (Å²) in [6.07, 6.45) is 1.24. The van der Waals surface area contributed by atoms with Crippen molar-refractivity contribution in [2.75, 3.05) is 10.9 Å². The van der Waals surface area contributed by atoms with Crippen molar-refractivity contribution in [1.29, 1.82) is 0 Å². The van der Waals surface area contributed by atoms with Gasteiger partial charge in [-0.05, 0) is 49.6 Å². The van der Waals surface area contributed by atoms with Crippen LogP contribution >= 0.6 is 0 Å². The van der Waals surface area contributed by atoms with Gasteiger partial charge in [0.05, 0.1) is 23.2 Å². The van der Waals surface area contributed by atoms with Gasteiger partial charge in [-0.3, -0.25) is 9.10 Å². The Morgan fingerprint density at radius 1 is 1.26 bits per heavy atom. The zero-order valence-electron chi connectivity index (χ0n) is 15.4. The number of nitrogens with zero attached hydrogens (tertiary/aromatic N) is 1. The molecule has 2 aromatic rings. The van der Waals surface area contributed by atoms with Gasteiger partial charge in [0.1, 0.15) is 0 Å². The fraction of sp³-hybridized carbons (Fsp3) is 0.350. The Kier molecular flexibility index (Phi) is 5.53. The van der Waals surface area contributed by atoms with E-state index < -0.39 is 15.9 Å². The maximum Gasteiger partial charge on any atom is 0.264 e. The second-order valence-electron chi connectivity index (χ2n) is 6.77. The first-order chi connectivity index (χ1) is 12.9. The van der Waals surface area contributed by atoms with Crippen LogP contribution in [0.25, 0.3) is 0 Å². The highest BCUT2D eigenvalue weighted by Gasteiger charge is 2.36. The van der Waals surface area contributed by atoms with Gasteiger partial charge in [-0.15, -0.1) is 0 Å². The largest absolute Gasteiger partial charge is 0.394 e. The fourth-order valence-corrected chi connectivity index (χ4v) is 5.10. The standard InChI is InChI=1S/C20H24N2O4S/c1-3-17(13-23)21-20(24)16-8-6-9-18(12-16)27(25,26)22-14(2)11-15-7-4-5-10-19(15)22/h4-10,12,14,17,23H,3,11,13H2,1-2H3,(H,21,24)/t14-,17+/m0/s1. The molecule has 1 aliphatic heterocycles. The van der Waals surface area contributed by atoms with E-state index in [-0.39, 0.29) is 29.1 Å². The van der Waals surface area contributed by atoms with Gasteiger partial charge in [-0.25, -0.2) is 8.42 Å².